The summed E-state index contributed by atoms with van der Waals surface area (Å²) < 4.78 is 70.5. The van der Waals surface area contributed by atoms with Crippen LogP contribution < -0.4 is 11.5 Å². The molecule has 21 aliphatic rings. The van der Waals surface area contributed by atoms with E-state index in [0.29, 0.717) is 0 Å². The lowest BCUT2D eigenvalue weighted by Gasteiger charge is -2.50. The molecule has 21 rings (SSSR count). The second kappa shape index (κ2) is 31.9. The van der Waals surface area contributed by atoms with Crippen LogP contribution in [0, 0.1) is 17.8 Å². The molecule has 0 spiro atoms. The predicted molar refractivity (Wildman–Crippen MR) is 286 cm³/mol. The van der Waals surface area contributed by atoms with Gasteiger partial charge >= 0.3 is 11.9 Å². The smallest absolute Gasteiger partial charge is 0.321 e. The summed E-state index contributed by atoms with van der Waals surface area (Å²) in [5.41, 5.74) is 11.5. The molecule has 39 heteroatoms. The molecule has 21 fully saturated rings. The lowest BCUT2D eigenvalue weighted by Crippen LogP contribution is -2.68. The monoisotopic (exact) mass is 1340 g/mol. The van der Waals surface area contributed by atoms with E-state index < -0.39 is 271 Å². The zero-order valence-corrected chi connectivity index (χ0v) is 48.9. The minimum atomic E-state index is -2.24. The fraction of sp³-hybridized carbons (Fsp3) is 0.960. The van der Waals surface area contributed by atoms with Gasteiger partial charge in [-0.3, -0.25) is 9.59 Å². The highest BCUT2D eigenvalue weighted by atomic mass is 32.2. The van der Waals surface area contributed by atoms with E-state index in [9.17, 15) is 117 Å². The van der Waals surface area contributed by atoms with Gasteiger partial charge in [-0.2, -0.15) is 23.5 Å². The lowest BCUT2D eigenvalue weighted by atomic mass is 9.70. The van der Waals surface area contributed by atoms with Crippen molar-refractivity contribution in [1.82, 2.24) is 0 Å². The van der Waals surface area contributed by atoms with Crippen molar-refractivity contribution >= 4 is 35.5 Å². The van der Waals surface area contributed by atoms with Crippen molar-refractivity contribution in [3.63, 3.8) is 0 Å². The number of carboxylic acid groups (broad SMARTS) is 2. The van der Waals surface area contributed by atoms with Gasteiger partial charge in [0.25, 0.3) is 0 Å². The summed E-state index contributed by atoms with van der Waals surface area (Å²) in [6.07, 6.45) is -63.5. The predicted octanol–water partition coefficient (Wildman–Crippen LogP) is -13.4. The molecule has 1 saturated carbocycles. The molecule has 37 atom stereocenters. The number of ether oxygens (including phenoxy) is 12. The molecule has 20 saturated heterocycles. The molecule has 20 aliphatic heterocycles. The Morgan fingerprint density at radius 1 is 0.337 bits per heavy atom. The first kappa shape index (κ1) is 73.1. The largest absolute Gasteiger partial charge is 0.480 e. The third-order valence-corrected chi connectivity index (χ3v) is 19.8. The van der Waals surface area contributed by atoms with E-state index >= 15 is 0 Å². The Bertz CT molecular complexity index is 2200. The molecule has 20 heterocycles. The number of aliphatic hydroxyl groups excluding tert-OH is 19. The summed E-state index contributed by atoms with van der Waals surface area (Å²) in [7, 11) is 0. The SMILES string of the molecule is N[C@H](CSCC1C[C@@H]2C[C@@H]3C(CO)O[C@H](O[C@@H]4C(CO)O[C@H](O[C@@H]5C(CSC[C@@H](N)C(=O)O)O[C@H](O[C@@H]6C(CO)O[C@H](O[C@@H]7C(CO)O[C@H](O[C@@H]8C(CO)O[C@H](O[C@H]1[C@H](O)C2O)C(O)[C@H]8O)C(O)[C@H]7O)C(O)[C@H]6O)C(O)[C@H]5O)C(O)[C@H]4O)C(O)[C@H]3O)C(=O)O. The minimum Gasteiger partial charge on any atom is -0.480 e. The first-order valence-corrected chi connectivity index (χ1v) is 31.1. The zero-order valence-electron chi connectivity index (χ0n) is 47.2. The van der Waals surface area contributed by atoms with E-state index in [2.05, 4.69) is 0 Å². The summed E-state index contributed by atoms with van der Waals surface area (Å²) in [6.45, 7) is -5.13. The molecule has 0 amide bonds. The van der Waals surface area contributed by atoms with Crippen LogP contribution in [0.4, 0.5) is 0 Å². The molecule has 37 nitrogen and oxygen atoms in total. The van der Waals surface area contributed by atoms with Gasteiger partial charge in [0.1, 0.15) is 140 Å². The number of carboxylic acids is 2. The number of hydrogen-bond donors (Lipinski definition) is 23. The van der Waals surface area contributed by atoms with E-state index in [0.717, 1.165) is 23.5 Å². The molecule has 25 N–H and O–H groups in total. The maximum absolute atomic E-state index is 11.9. The Balaban J connectivity index is 1.11. The van der Waals surface area contributed by atoms with Gasteiger partial charge in [0.05, 0.1) is 63.6 Å². The van der Waals surface area contributed by atoms with Crippen molar-refractivity contribution in [1.29, 1.82) is 0 Å². The molecule has 0 aromatic heterocycles. The van der Waals surface area contributed by atoms with Crippen molar-refractivity contribution in [3.05, 3.63) is 0 Å². The summed E-state index contributed by atoms with van der Waals surface area (Å²) in [5.74, 6) is -7.09. The van der Waals surface area contributed by atoms with E-state index in [1.54, 1.807) is 0 Å². The van der Waals surface area contributed by atoms with Crippen LogP contribution in [0.1, 0.15) is 12.8 Å². The van der Waals surface area contributed by atoms with Crippen LogP contribution in [-0.2, 0) is 66.4 Å². The van der Waals surface area contributed by atoms with Crippen LogP contribution in [0.2, 0.25) is 0 Å². The van der Waals surface area contributed by atoms with Gasteiger partial charge < -0.3 is 176 Å². The average molecular weight is 1340 g/mol. The summed E-state index contributed by atoms with van der Waals surface area (Å²) >= 11 is 1.79. The second-order valence-electron chi connectivity index (χ2n) is 23.3. The van der Waals surface area contributed by atoms with Gasteiger partial charge in [-0.25, -0.2) is 0 Å². The quantitative estimate of drug-likeness (QED) is 0.0724. The van der Waals surface area contributed by atoms with Crippen molar-refractivity contribution in [2.45, 2.75) is 221 Å². The van der Waals surface area contributed by atoms with Gasteiger partial charge in [0.15, 0.2) is 37.7 Å². The molecule has 1 aliphatic carbocycles. The fourth-order valence-electron chi connectivity index (χ4n) is 12.3. The van der Waals surface area contributed by atoms with Crippen molar-refractivity contribution in [2.24, 2.45) is 29.2 Å². The normalized spacial score (nSPS) is 50.1. The third kappa shape index (κ3) is 15.9. The standard InChI is InChI=1S/C50H84N2O35S2/c51-15(43(72)73)9-88-8-13-1-12-2-14-17(3-53)76-45(31(66)24(14)59)83-38-19(5-55)80-49(35(70)29(38)64)87-42-22(11-89-10-16(52)44(74)75)81-50(36(71)30(42)65)86-41-21(7-57)79-48(34(69)28(41)63)85-40-20(6-56)78-47(33(68)27(40)62)84-39-18(4-54)77-46(32(67)26(39)61)82-37(13)25(60)23(12)58/h12-42,45-50,53-71H,1-11,51-52H2,(H,72,73)(H,74,75)/t12-,13?,14-,15-,16-,17?,18?,19?,20?,21?,22?,23?,24+,25-,26-,27-,28-,29-,30-,31?,32?,33?,34?,35?,36?,37-,38-,39-,40-,41-,42-,45-,46-,47-,48-,49-,50-/m1/s1. The van der Waals surface area contributed by atoms with E-state index in [1.165, 1.54) is 0 Å². The number of carbonyl (C=O) groups is 2. The first-order valence-electron chi connectivity index (χ1n) is 28.7. The van der Waals surface area contributed by atoms with E-state index in [4.69, 9.17) is 68.3 Å². The van der Waals surface area contributed by atoms with Gasteiger partial charge in [-0.15, -0.1) is 0 Å². The number of aliphatic carboxylic acids is 2. The number of aliphatic hydroxyl groups is 19. The first-order chi connectivity index (χ1) is 42.2. The molecule has 0 aromatic carbocycles. The second-order valence-corrected chi connectivity index (χ2v) is 25.4. The lowest BCUT2D eigenvalue weighted by molar-refractivity contribution is -0.394. The Morgan fingerprint density at radius 3 is 0.933 bits per heavy atom. The van der Waals surface area contributed by atoms with E-state index in [-0.39, 0.29) is 35.9 Å². The van der Waals surface area contributed by atoms with Crippen molar-refractivity contribution < 1.29 is 174 Å². The Kier molecular flexibility index (Phi) is 26.2. The Morgan fingerprint density at radius 2 is 0.607 bits per heavy atom. The molecular weight excluding hydrogens is 1250 g/mol. The summed E-state index contributed by atoms with van der Waals surface area (Å²) in [4.78, 5) is 23.3. The average Bonchev–Trinajstić information content (AvgIpc) is 0.983. The fourth-order valence-corrected chi connectivity index (χ4v) is 14.5. The Labute approximate surface area is 514 Å². The summed E-state index contributed by atoms with van der Waals surface area (Å²) in [6, 6.07) is -2.84. The molecule has 0 radical (unpaired) electrons. The van der Waals surface area contributed by atoms with Crippen molar-refractivity contribution in [2.75, 3.05) is 56.0 Å². The third-order valence-electron chi connectivity index (χ3n) is 17.4. The number of rotatable bonds is 15. The summed E-state index contributed by atoms with van der Waals surface area (Å²) in [5, 5.41) is 234. The molecule has 14 unspecified atom stereocenters. The van der Waals surface area contributed by atoms with Crippen LogP contribution in [0.25, 0.3) is 0 Å². The highest BCUT2D eigenvalue weighted by Crippen LogP contribution is 2.44. The Hall–Kier alpha value is -1.68. The molecule has 0 aromatic rings. The molecule has 516 valence electrons. The highest BCUT2D eigenvalue weighted by Gasteiger charge is 2.59. The van der Waals surface area contributed by atoms with Crippen LogP contribution in [0.3, 0.4) is 0 Å². The van der Waals surface area contributed by atoms with Crippen LogP contribution in [-0.4, -0.2) is 384 Å². The minimum absolute atomic E-state index is 0.0894. The van der Waals surface area contributed by atoms with Crippen LogP contribution >= 0.6 is 23.5 Å². The zero-order chi connectivity index (χ0) is 65.2. The number of thioether (sulfide) groups is 2. The maximum atomic E-state index is 11.9. The van der Waals surface area contributed by atoms with Gasteiger partial charge in [-0.1, -0.05) is 0 Å². The number of hydrogen-bond acceptors (Lipinski definition) is 37. The van der Waals surface area contributed by atoms with E-state index in [1.807, 2.05) is 0 Å². The van der Waals surface area contributed by atoms with Crippen molar-refractivity contribution in [3.8, 4) is 0 Å². The maximum Gasteiger partial charge on any atom is 0.321 e. The molecular formula is C50H84N2O35S2. The highest BCUT2D eigenvalue weighted by molar-refractivity contribution is 7.99. The van der Waals surface area contributed by atoms with Gasteiger partial charge in [-0.05, 0) is 30.4 Å². The van der Waals surface area contributed by atoms with Gasteiger partial charge in [0, 0.05) is 23.2 Å². The topological polar surface area (TPSA) is 622 Å². The van der Waals surface area contributed by atoms with Crippen LogP contribution in [0.15, 0.2) is 0 Å². The molecule has 14 bridgehead atoms. The number of nitrogens with two attached hydrogens (primary N) is 2. The molecule has 89 heavy (non-hydrogen) atoms. The van der Waals surface area contributed by atoms with Gasteiger partial charge in [0.2, 0.25) is 0 Å². The van der Waals surface area contributed by atoms with Crippen LogP contribution in [0.5, 0.6) is 0 Å².